The maximum absolute atomic E-state index is 4.91. The fourth-order valence-corrected chi connectivity index (χ4v) is 2.72. The molecule has 22 heavy (non-hydrogen) atoms. The molecule has 1 N–H and O–H groups in total. The average Bonchev–Trinajstić information content (AvgIpc) is 2.54. The van der Waals surface area contributed by atoms with Crippen molar-refractivity contribution in [3.8, 4) is 11.3 Å². The zero-order valence-electron chi connectivity index (χ0n) is 13.5. The molecular weight excluding hydrogens is 294 g/mol. The smallest absolute Gasteiger partial charge is 0.132 e. The Morgan fingerprint density at radius 1 is 1.18 bits per heavy atom. The van der Waals surface area contributed by atoms with Crippen LogP contribution in [0.15, 0.2) is 24.3 Å². The van der Waals surface area contributed by atoms with Crippen LogP contribution in [0, 0.1) is 6.92 Å². The van der Waals surface area contributed by atoms with Crippen LogP contribution in [0.5, 0.6) is 0 Å². The van der Waals surface area contributed by atoms with E-state index in [0.717, 1.165) is 37.4 Å². The minimum atomic E-state index is 0. The Hall–Kier alpha value is -1.45. The quantitative estimate of drug-likeness (QED) is 0.928. The SMILES string of the molecule is CCC(C)c1nc2c(c(-c3ccc(C)cc3)n1)CNCC2.Cl. The van der Waals surface area contributed by atoms with Crippen molar-refractivity contribution in [1.29, 1.82) is 0 Å². The highest BCUT2D eigenvalue weighted by Gasteiger charge is 2.20. The van der Waals surface area contributed by atoms with Gasteiger partial charge in [0.2, 0.25) is 0 Å². The van der Waals surface area contributed by atoms with E-state index in [1.54, 1.807) is 0 Å². The van der Waals surface area contributed by atoms with Gasteiger partial charge >= 0.3 is 0 Å². The predicted octanol–water partition coefficient (Wildman–Crippen LogP) is 4.03. The number of hydrogen-bond acceptors (Lipinski definition) is 3. The van der Waals surface area contributed by atoms with Crippen molar-refractivity contribution in [1.82, 2.24) is 15.3 Å². The lowest BCUT2D eigenvalue weighted by molar-refractivity contribution is 0.605. The van der Waals surface area contributed by atoms with Crippen molar-refractivity contribution >= 4 is 12.4 Å². The van der Waals surface area contributed by atoms with E-state index in [0.29, 0.717) is 5.92 Å². The maximum Gasteiger partial charge on any atom is 0.132 e. The fraction of sp³-hybridized carbons (Fsp3) is 0.444. The average molecular weight is 318 g/mol. The van der Waals surface area contributed by atoms with E-state index in [1.807, 2.05) is 0 Å². The summed E-state index contributed by atoms with van der Waals surface area (Å²) in [7, 11) is 0. The van der Waals surface area contributed by atoms with Gasteiger partial charge in [0.25, 0.3) is 0 Å². The normalized spacial score (nSPS) is 14.9. The lowest BCUT2D eigenvalue weighted by atomic mass is 9.98. The van der Waals surface area contributed by atoms with Crippen molar-refractivity contribution in [3.63, 3.8) is 0 Å². The highest BCUT2D eigenvalue weighted by molar-refractivity contribution is 5.85. The Kier molecular flexibility index (Phi) is 5.54. The first-order valence-electron chi connectivity index (χ1n) is 7.86. The van der Waals surface area contributed by atoms with Gasteiger partial charge in [-0.3, -0.25) is 0 Å². The van der Waals surface area contributed by atoms with E-state index in [9.17, 15) is 0 Å². The molecule has 1 aliphatic rings. The molecular formula is C18H24ClN3. The molecule has 1 unspecified atom stereocenters. The van der Waals surface area contributed by atoms with Crippen LogP contribution in [0.1, 0.15) is 48.8 Å². The second-order valence-corrected chi connectivity index (χ2v) is 5.96. The van der Waals surface area contributed by atoms with Crippen LogP contribution >= 0.6 is 12.4 Å². The van der Waals surface area contributed by atoms with Gasteiger partial charge in [-0.05, 0) is 13.3 Å². The van der Waals surface area contributed by atoms with E-state index in [1.165, 1.54) is 22.4 Å². The molecule has 2 aromatic rings. The van der Waals surface area contributed by atoms with Gasteiger partial charge < -0.3 is 5.32 Å². The third kappa shape index (κ3) is 3.31. The zero-order chi connectivity index (χ0) is 14.8. The summed E-state index contributed by atoms with van der Waals surface area (Å²) < 4.78 is 0. The third-order valence-corrected chi connectivity index (χ3v) is 4.33. The van der Waals surface area contributed by atoms with Gasteiger partial charge in [-0.1, -0.05) is 43.7 Å². The molecule has 3 rings (SSSR count). The molecule has 0 saturated carbocycles. The van der Waals surface area contributed by atoms with Crippen LogP contribution in [-0.2, 0) is 13.0 Å². The lowest BCUT2D eigenvalue weighted by Crippen LogP contribution is -2.26. The fourth-order valence-electron chi connectivity index (χ4n) is 2.72. The highest BCUT2D eigenvalue weighted by Crippen LogP contribution is 2.28. The number of benzene rings is 1. The van der Waals surface area contributed by atoms with Crippen molar-refractivity contribution < 1.29 is 0 Å². The molecule has 0 spiro atoms. The van der Waals surface area contributed by atoms with Crippen molar-refractivity contribution in [2.24, 2.45) is 0 Å². The van der Waals surface area contributed by atoms with Crippen LogP contribution in [0.4, 0.5) is 0 Å². The van der Waals surface area contributed by atoms with Crippen molar-refractivity contribution in [3.05, 3.63) is 46.9 Å². The van der Waals surface area contributed by atoms with Gasteiger partial charge in [-0.15, -0.1) is 12.4 Å². The summed E-state index contributed by atoms with van der Waals surface area (Å²) in [5.41, 5.74) is 6.10. The monoisotopic (exact) mass is 317 g/mol. The number of aromatic nitrogens is 2. The Bertz CT molecular complexity index is 638. The summed E-state index contributed by atoms with van der Waals surface area (Å²) in [5.74, 6) is 1.41. The maximum atomic E-state index is 4.91. The Labute approximate surface area is 139 Å². The standard InChI is InChI=1S/C18H23N3.ClH/c1-4-13(3)18-20-16-9-10-19-11-15(16)17(21-18)14-7-5-12(2)6-8-14;/h5-8,13,19H,4,9-11H2,1-3H3;1H. The molecule has 0 amide bonds. The Balaban J connectivity index is 0.00000176. The Morgan fingerprint density at radius 3 is 2.59 bits per heavy atom. The second-order valence-electron chi connectivity index (χ2n) is 5.96. The molecule has 3 nitrogen and oxygen atoms in total. The van der Waals surface area contributed by atoms with Crippen LogP contribution in [0.3, 0.4) is 0 Å². The molecule has 2 heterocycles. The van der Waals surface area contributed by atoms with E-state index in [-0.39, 0.29) is 12.4 Å². The van der Waals surface area contributed by atoms with E-state index in [4.69, 9.17) is 9.97 Å². The Morgan fingerprint density at radius 2 is 1.91 bits per heavy atom. The summed E-state index contributed by atoms with van der Waals surface area (Å²) in [6, 6.07) is 8.66. The molecule has 1 aromatic heterocycles. The molecule has 0 radical (unpaired) electrons. The van der Waals surface area contributed by atoms with Gasteiger partial charge in [0.05, 0.1) is 11.4 Å². The third-order valence-electron chi connectivity index (χ3n) is 4.33. The van der Waals surface area contributed by atoms with E-state index in [2.05, 4.69) is 50.4 Å². The molecule has 0 bridgehead atoms. The predicted molar refractivity (Wildman–Crippen MR) is 93.6 cm³/mol. The summed E-state index contributed by atoms with van der Waals surface area (Å²) in [6.07, 6.45) is 2.07. The molecule has 0 saturated heterocycles. The largest absolute Gasteiger partial charge is 0.312 e. The first-order chi connectivity index (χ1) is 10.2. The molecule has 1 aliphatic heterocycles. The van der Waals surface area contributed by atoms with Crippen molar-refractivity contribution in [2.45, 2.75) is 46.1 Å². The summed E-state index contributed by atoms with van der Waals surface area (Å²) in [4.78, 5) is 9.74. The van der Waals surface area contributed by atoms with E-state index >= 15 is 0 Å². The number of fused-ring (bicyclic) bond motifs is 1. The number of hydrogen-bond donors (Lipinski definition) is 1. The topological polar surface area (TPSA) is 37.8 Å². The summed E-state index contributed by atoms with van der Waals surface area (Å²) >= 11 is 0. The number of rotatable bonds is 3. The highest BCUT2D eigenvalue weighted by atomic mass is 35.5. The summed E-state index contributed by atoms with van der Waals surface area (Å²) in [5, 5.41) is 3.45. The molecule has 0 fully saturated rings. The van der Waals surface area contributed by atoms with Crippen LogP contribution in [0.25, 0.3) is 11.3 Å². The molecule has 4 heteroatoms. The first kappa shape index (κ1) is 16.9. The van der Waals surface area contributed by atoms with Gasteiger partial charge in [-0.25, -0.2) is 9.97 Å². The van der Waals surface area contributed by atoms with Gasteiger partial charge in [0.15, 0.2) is 0 Å². The van der Waals surface area contributed by atoms with Gasteiger partial charge in [0, 0.05) is 36.6 Å². The number of halogens is 1. The first-order valence-corrected chi connectivity index (χ1v) is 7.86. The number of nitrogens with one attached hydrogen (secondary N) is 1. The minimum Gasteiger partial charge on any atom is -0.312 e. The van der Waals surface area contributed by atoms with Gasteiger partial charge in [0.1, 0.15) is 5.82 Å². The van der Waals surface area contributed by atoms with Crippen LogP contribution in [-0.4, -0.2) is 16.5 Å². The van der Waals surface area contributed by atoms with E-state index < -0.39 is 0 Å². The van der Waals surface area contributed by atoms with Crippen molar-refractivity contribution in [2.75, 3.05) is 6.54 Å². The second kappa shape index (κ2) is 7.21. The zero-order valence-corrected chi connectivity index (χ0v) is 14.3. The molecule has 118 valence electrons. The molecule has 0 aliphatic carbocycles. The van der Waals surface area contributed by atoms with Crippen LogP contribution in [0.2, 0.25) is 0 Å². The summed E-state index contributed by atoms with van der Waals surface area (Å²) in [6.45, 7) is 8.41. The minimum absolute atomic E-state index is 0. The van der Waals surface area contributed by atoms with Crippen LogP contribution < -0.4 is 5.32 Å². The lowest BCUT2D eigenvalue weighted by Gasteiger charge is -2.21. The number of aryl methyl sites for hydroxylation is 1. The molecule has 1 aromatic carbocycles. The molecule has 1 atom stereocenters. The van der Waals surface area contributed by atoms with Gasteiger partial charge in [-0.2, -0.15) is 0 Å². The number of nitrogens with zero attached hydrogens (tertiary/aromatic N) is 2.